The van der Waals surface area contributed by atoms with Gasteiger partial charge in [0.1, 0.15) is 0 Å². The zero-order chi connectivity index (χ0) is 14.5. The molecule has 5 heteroatoms. The molecule has 0 aliphatic rings. The summed E-state index contributed by atoms with van der Waals surface area (Å²) in [4.78, 5) is 2.09. The molecule has 1 aromatic carbocycles. The molecule has 0 saturated carbocycles. The monoisotopic (exact) mass is 275 g/mol. The van der Waals surface area contributed by atoms with Crippen molar-refractivity contribution in [3.05, 3.63) is 35.7 Å². The van der Waals surface area contributed by atoms with E-state index in [9.17, 15) is 0 Å². The Balaban J connectivity index is 2.10. The van der Waals surface area contributed by atoms with E-state index < -0.39 is 0 Å². The Morgan fingerprint density at radius 1 is 1.20 bits per heavy atom. The summed E-state index contributed by atoms with van der Waals surface area (Å²) in [7, 11) is 0. The first-order valence-corrected chi connectivity index (χ1v) is 6.84. The molecule has 20 heavy (non-hydrogen) atoms. The zero-order valence-electron chi connectivity index (χ0n) is 12.2. The summed E-state index contributed by atoms with van der Waals surface area (Å²) in [5.74, 6) is 1.11. The fourth-order valence-electron chi connectivity index (χ4n) is 1.95. The molecule has 0 spiro atoms. The van der Waals surface area contributed by atoms with Crippen LogP contribution in [-0.4, -0.2) is 39.4 Å². The van der Waals surface area contributed by atoms with E-state index in [2.05, 4.69) is 28.9 Å². The van der Waals surface area contributed by atoms with Crippen LogP contribution >= 0.6 is 0 Å². The number of aliphatic hydroxyl groups is 1. The summed E-state index contributed by atoms with van der Waals surface area (Å²) in [5.41, 5.74) is 2.12. The summed E-state index contributed by atoms with van der Waals surface area (Å²) in [6.45, 7) is 7.46. The second-order valence-corrected chi connectivity index (χ2v) is 5.15. The van der Waals surface area contributed by atoms with Crippen molar-refractivity contribution in [3.63, 3.8) is 0 Å². The van der Waals surface area contributed by atoms with Gasteiger partial charge in [0.15, 0.2) is 0 Å². The number of hydrogen-bond acceptors (Lipinski definition) is 5. The van der Waals surface area contributed by atoms with E-state index in [1.54, 1.807) is 0 Å². The van der Waals surface area contributed by atoms with Gasteiger partial charge in [-0.1, -0.05) is 17.7 Å². The highest BCUT2D eigenvalue weighted by molar-refractivity contribution is 5.52. The van der Waals surface area contributed by atoms with Crippen molar-refractivity contribution in [2.45, 2.75) is 33.4 Å². The normalized spacial score (nSPS) is 11.5. The fourth-order valence-corrected chi connectivity index (χ4v) is 1.95. The van der Waals surface area contributed by atoms with Crippen molar-refractivity contribution in [1.29, 1.82) is 0 Å². The van der Waals surface area contributed by atoms with Crippen LogP contribution in [0.5, 0.6) is 0 Å². The molecular weight excluding hydrogens is 254 g/mol. The van der Waals surface area contributed by atoms with Gasteiger partial charge in [0, 0.05) is 18.2 Å². The average Bonchev–Trinajstić information content (AvgIpc) is 2.87. The summed E-state index contributed by atoms with van der Waals surface area (Å²) < 4.78 is 5.69. The Morgan fingerprint density at radius 2 is 1.90 bits per heavy atom. The molecule has 0 radical (unpaired) electrons. The van der Waals surface area contributed by atoms with Crippen molar-refractivity contribution in [2.75, 3.05) is 13.2 Å². The van der Waals surface area contributed by atoms with Crippen LogP contribution in [0.1, 0.15) is 25.3 Å². The number of hydrogen-bond donors (Lipinski definition) is 1. The summed E-state index contributed by atoms with van der Waals surface area (Å²) in [5, 5.41) is 17.2. The number of aryl methyl sites for hydroxylation is 1. The lowest BCUT2D eigenvalue weighted by molar-refractivity contribution is 0.148. The Kier molecular flexibility index (Phi) is 4.87. The SMILES string of the molecule is Cc1ccc(-c2nnc(CN(CCO)C(C)C)o2)cc1. The van der Waals surface area contributed by atoms with Gasteiger partial charge in [-0.3, -0.25) is 4.90 Å². The van der Waals surface area contributed by atoms with E-state index in [-0.39, 0.29) is 6.61 Å². The van der Waals surface area contributed by atoms with Crippen LogP contribution in [0.2, 0.25) is 0 Å². The Bertz CT molecular complexity index is 534. The standard InChI is InChI=1S/C15H21N3O2/c1-11(2)18(8-9-19)10-14-16-17-15(20-14)13-6-4-12(3)5-7-13/h4-7,11,19H,8-10H2,1-3H3. The molecule has 0 atom stereocenters. The summed E-state index contributed by atoms with van der Waals surface area (Å²) >= 11 is 0. The van der Waals surface area contributed by atoms with E-state index in [0.29, 0.717) is 30.9 Å². The van der Waals surface area contributed by atoms with Gasteiger partial charge >= 0.3 is 0 Å². The molecule has 1 N–H and O–H groups in total. The quantitative estimate of drug-likeness (QED) is 0.876. The van der Waals surface area contributed by atoms with Gasteiger partial charge in [-0.15, -0.1) is 10.2 Å². The van der Waals surface area contributed by atoms with Gasteiger partial charge in [-0.2, -0.15) is 0 Å². The number of benzene rings is 1. The van der Waals surface area contributed by atoms with Crippen molar-refractivity contribution in [1.82, 2.24) is 15.1 Å². The topological polar surface area (TPSA) is 62.4 Å². The smallest absolute Gasteiger partial charge is 0.247 e. The molecule has 1 aromatic heterocycles. The van der Waals surface area contributed by atoms with E-state index in [0.717, 1.165) is 5.56 Å². The van der Waals surface area contributed by atoms with Crippen molar-refractivity contribution < 1.29 is 9.52 Å². The van der Waals surface area contributed by atoms with E-state index in [1.807, 2.05) is 31.2 Å². The summed E-state index contributed by atoms with van der Waals surface area (Å²) in [6.07, 6.45) is 0. The largest absolute Gasteiger partial charge is 0.419 e. The van der Waals surface area contributed by atoms with Gasteiger partial charge in [0.05, 0.1) is 13.2 Å². The van der Waals surface area contributed by atoms with Crippen LogP contribution in [0.4, 0.5) is 0 Å². The van der Waals surface area contributed by atoms with Crippen LogP contribution in [-0.2, 0) is 6.54 Å². The van der Waals surface area contributed by atoms with E-state index in [4.69, 9.17) is 9.52 Å². The zero-order valence-corrected chi connectivity index (χ0v) is 12.2. The molecule has 0 fully saturated rings. The highest BCUT2D eigenvalue weighted by Gasteiger charge is 2.14. The van der Waals surface area contributed by atoms with Crippen molar-refractivity contribution in [2.24, 2.45) is 0 Å². The molecule has 108 valence electrons. The van der Waals surface area contributed by atoms with Gasteiger partial charge < -0.3 is 9.52 Å². The average molecular weight is 275 g/mol. The predicted molar refractivity (Wildman–Crippen MR) is 77.1 cm³/mol. The third-order valence-electron chi connectivity index (χ3n) is 3.22. The lowest BCUT2D eigenvalue weighted by atomic mass is 10.1. The predicted octanol–water partition coefficient (Wildman–Crippen LogP) is 2.25. The maximum atomic E-state index is 9.06. The minimum absolute atomic E-state index is 0.122. The van der Waals surface area contributed by atoms with Crippen LogP contribution in [0.25, 0.3) is 11.5 Å². The lowest BCUT2D eigenvalue weighted by Crippen LogP contribution is -2.33. The van der Waals surface area contributed by atoms with Gasteiger partial charge in [-0.25, -0.2) is 0 Å². The van der Waals surface area contributed by atoms with Gasteiger partial charge in [0.2, 0.25) is 11.8 Å². The third kappa shape index (κ3) is 3.65. The Morgan fingerprint density at radius 3 is 2.50 bits per heavy atom. The first-order chi connectivity index (χ1) is 9.60. The van der Waals surface area contributed by atoms with E-state index in [1.165, 1.54) is 5.56 Å². The molecule has 0 unspecified atom stereocenters. The number of rotatable bonds is 6. The minimum Gasteiger partial charge on any atom is -0.419 e. The molecule has 0 aliphatic heterocycles. The maximum Gasteiger partial charge on any atom is 0.247 e. The summed E-state index contributed by atoms with van der Waals surface area (Å²) in [6, 6.07) is 8.30. The van der Waals surface area contributed by atoms with Crippen LogP contribution < -0.4 is 0 Å². The molecule has 0 aliphatic carbocycles. The molecule has 0 amide bonds. The molecule has 2 aromatic rings. The maximum absolute atomic E-state index is 9.06. The molecule has 0 saturated heterocycles. The van der Waals surface area contributed by atoms with E-state index >= 15 is 0 Å². The molecule has 2 rings (SSSR count). The highest BCUT2D eigenvalue weighted by atomic mass is 16.4. The Labute approximate surface area is 119 Å². The number of nitrogens with zero attached hydrogens (tertiary/aromatic N) is 3. The first kappa shape index (κ1) is 14.7. The molecular formula is C15H21N3O2. The second kappa shape index (κ2) is 6.63. The molecule has 1 heterocycles. The van der Waals surface area contributed by atoms with Crippen LogP contribution in [0.15, 0.2) is 28.7 Å². The Hall–Kier alpha value is -1.72. The first-order valence-electron chi connectivity index (χ1n) is 6.84. The van der Waals surface area contributed by atoms with Gasteiger partial charge in [0.25, 0.3) is 0 Å². The molecule has 0 bridgehead atoms. The number of aromatic nitrogens is 2. The van der Waals surface area contributed by atoms with Gasteiger partial charge in [-0.05, 0) is 32.9 Å². The number of aliphatic hydroxyl groups excluding tert-OH is 1. The fraction of sp³-hybridized carbons (Fsp3) is 0.467. The lowest BCUT2D eigenvalue weighted by Gasteiger charge is -2.23. The van der Waals surface area contributed by atoms with Crippen LogP contribution in [0.3, 0.4) is 0 Å². The van der Waals surface area contributed by atoms with Crippen LogP contribution in [0, 0.1) is 6.92 Å². The second-order valence-electron chi connectivity index (χ2n) is 5.15. The van der Waals surface area contributed by atoms with Crippen molar-refractivity contribution >= 4 is 0 Å². The van der Waals surface area contributed by atoms with Crippen molar-refractivity contribution in [3.8, 4) is 11.5 Å². The molecule has 5 nitrogen and oxygen atoms in total. The minimum atomic E-state index is 0.122. The highest BCUT2D eigenvalue weighted by Crippen LogP contribution is 2.19. The third-order valence-corrected chi connectivity index (χ3v) is 3.22.